The van der Waals surface area contributed by atoms with Crippen molar-refractivity contribution in [2.24, 2.45) is 0 Å². The monoisotopic (exact) mass is 334 g/mol. The Kier molecular flexibility index (Phi) is 6.22. The Bertz CT molecular complexity index is 657. The SMILES string of the molecule is COC(=O)[C@H](C)NC(=O)CSCc1coc(-c2ccccc2)n1. The summed E-state index contributed by atoms with van der Waals surface area (Å²) in [6.07, 6.45) is 1.59. The van der Waals surface area contributed by atoms with Gasteiger partial charge in [-0.1, -0.05) is 18.2 Å². The summed E-state index contributed by atoms with van der Waals surface area (Å²) in [5.41, 5.74) is 1.68. The highest BCUT2D eigenvalue weighted by Crippen LogP contribution is 2.20. The second-order valence-electron chi connectivity index (χ2n) is 4.82. The molecule has 122 valence electrons. The van der Waals surface area contributed by atoms with Crippen molar-refractivity contribution in [1.82, 2.24) is 10.3 Å². The molecule has 0 bridgehead atoms. The van der Waals surface area contributed by atoms with Crippen LogP contribution in [-0.4, -0.2) is 35.8 Å². The lowest BCUT2D eigenvalue weighted by Crippen LogP contribution is -2.40. The number of amides is 1. The maximum atomic E-state index is 11.7. The summed E-state index contributed by atoms with van der Waals surface area (Å²) >= 11 is 1.40. The van der Waals surface area contributed by atoms with Gasteiger partial charge < -0.3 is 14.5 Å². The predicted octanol–water partition coefficient (Wildman–Crippen LogP) is 2.25. The van der Waals surface area contributed by atoms with Crippen LogP contribution in [0.15, 0.2) is 41.0 Å². The molecule has 1 atom stereocenters. The summed E-state index contributed by atoms with van der Waals surface area (Å²) in [5.74, 6) is 0.655. The van der Waals surface area contributed by atoms with E-state index in [-0.39, 0.29) is 11.7 Å². The van der Waals surface area contributed by atoms with E-state index in [0.29, 0.717) is 11.6 Å². The molecular weight excluding hydrogens is 316 g/mol. The lowest BCUT2D eigenvalue weighted by atomic mass is 10.2. The van der Waals surface area contributed by atoms with Gasteiger partial charge in [-0.2, -0.15) is 0 Å². The zero-order valence-corrected chi connectivity index (χ0v) is 13.8. The van der Waals surface area contributed by atoms with Crippen molar-refractivity contribution in [1.29, 1.82) is 0 Å². The molecule has 0 spiro atoms. The number of aromatic nitrogens is 1. The van der Waals surface area contributed by atoms with Gasteiger partial charge in [0.25, 0.3) is 0 Å². The first kappa shape index (κ1) is 17.1. The summed E-state index contributed by atoms with van der Waals surface area (Å²) in [6.45, 7) is 1.58. The minimum Gasteiger partial charge on any atom is -0.467 e. The Morgan fingerprint density at radius 2 is 2.09 bits per heavy atom. The molecule has 0 aliphatic carbocycles. The number of carbonyl (C=O) groups is 2. The predicted molar refractivity (Wildman–Crippen MR) is 87.7 cm³/mol. The highest BCUT2D eigenvalue weighted by Gasteiger charge is 2.15. The van der Waals surface area contributed by atoms with Crippen molar-refractivity contribution >= 4 is 23.6 Å². The van der Waals surface area contributed by atoms with Crippen LogP contribution in [0.2, 0.25) is 0 Å². The van der Waals surface area contributed by atoms with Gasteiger partial charge in [0, 0.05) is 11.3 Å². The number of nitrogens with zero attached hydrogens (tertiary/aromatic N) is 1. The van der Waals surface area contributed by atoms with Crippen molar-refractivity contribution in [3.63, 3.8) is 0 Å². The molecule has 0 radical (unpaired) electrons. The maximum Gasteiger partial charge on any atom is 0.328 e. The minimum absolute atomic E-state index is 0.223. The first-order valence-corrected chi connectivity index (χ1v) is 8.20. The van der Waals surface area contributed by atoms with E-state index in [1.54, 1.807) is 13.2 Å². The smallest absolute Gasteiger partial charge is 0.328 e. The summed E-state index contributed by atoms with van der Waals surface area (Å²) in [7, 11) is 1.29. The van der Waals surface area contributed by atoms with Gasteiger partial charge in [0.15, 0.2) is 0 Å². The first-order chi connectivity index (χ1) is 11.1. The van der Waals surface area contributed by atoms with Crippen LogP contribution in [0, 0.1) is 0 Å². The van der Waals surface area contributed by atoms with Gasteiger partial charge in [-0.05, 0) is 19.1 Å². The molecule has 0 saturated carbocycles. The number of rotatable bonds is 7. The Balaban J connectivity index is 1.78. The molecular formula is C16H18N2O4S. The molecule has 1 heterocycles. The van der Waals surface area contributed by atoms with Crippen LogP contribution in [-0.2, 0) is 20.1 Å². The Morgan fingerprint density at radius 3 is 2.78 bits per heavy atom. The van der Waals surface area contributed by atoms with Crippen molar-refractivity contribution < 1.29 is 18.7 Å². The largest absolute Gasteiger partial charge is 0.467 e. The number of esters is 1. The second-order valence-corrected chi connectivity index (χ2v) is 5.80. The van der Waals surface area contributed by atoms with E-state index in [2.05, 4.69) is 15.0 Å². The van der Waals surface area contributed by atoms with Crippen LogP contribution in [0.1, 0.15) is 12.6 Å². The van der Waals surface area contributed by atoms with Gasteiger partial charge in [-0.25, -0.2) is 9.78 Å². The van der Waals surface area contributed by atoms with Crippen molar-refractivity contribution in [3.05, 3.63) is 42.3 Å². The highest BCUT2D eigenvalue weighted by molar-refractivity contribution is 7.99. The number of benzene rings is 1. The molecule has 0 aliphatic rings. The first-order valence-electron chi connectivity index (χ1n) is 7.05. The number of carbonyl (C=O) groups excluding carboxylic acids is 2. The molecule has 7 heteroatoms. The summed E-state index contributed by atoms with van der Waals surface area (Å²) in [5, 5.41) is 2.57. The van der Waals surface area contributed by atoms with Crippen molar-refractivity contribution in [2.45, 2.75) is 18.7 Å². The lowest BCUT2D eigenvalue weighted by molar-refractivity contribution is -0.144. The highest BCUT2D eigenvalue weighted by atomic mass is 32.2. The van der Waals surface area contributed by atoms with E-state index in [4.69, 9.17) is 4.42 Å². The van der Waals surface area contributed by atoms with Crippen LogP contribution in [0.5, 0.6) is 0 Å². The van der Waals surface area contributed by atoms with E-state index < -0.39 is 12.0 Å². The fourth-order valence-electron chi connectivity index (χ4n) is 1.85. The summed E-state index contributed by atoms with van der Waals surface area (Å²) < 4.78 is 9.98. The average Bonchev–Trinajstić information content (AvgIpc) is 3.03. The van der Waals surface area contributed by atoms with Crippen molar-refractivity contribution in [2.75, 3.05) is 12.9 Å². The minimum atomic E-state index is -0.648. The van der Waals surface area contributed by atoms with E-state index >= 15 is 0 Å². The molecule has 1 N–H and O–H groups in total. The normalized spacial score (nSPS) is 11.7. The van der Waals surface area contributed by atoms with Crippen LogP contribution in [0.25, 0.3) is 11.5 Å². The van der Waals surface area contributed by atoms with Crippen LogP contribution < -0.4 is 5.32 Å². The molecule has 1 aromatic carbocycles. The molecule has 0 saturated heterocycles. The summed E-state index contributed by atoms with van der Waals surface area (Å²) in [6, 6.07) is 8.96. The zero-order valence-electron chi connectivity index (χ0n) is 12.9. The van der Waals surface area contributed by atoms with Gasteiger partial charge in [0.2, 0.25) is 11.8 Å². The van der Waals surface area contributed by atoms with Gasteiger partial charge in [0.1, 0.15) is 12.3 Å². The van der Waals surface area contributed by atoms with Gasteiger partial charge in [0.05, 0.1) is 18.6 Å². The summed E-state index contributed by atoms with van der Waals surface area (Å²) in [4.78, 5) is 27.3. The fraction of sp³-hybridized carbons (Fsp3) is 0.312. The fourth-order valence-corrected chi connectivity index (χ4v) is 2.57. The number of hydrogen-bond acceptors (Lipinski definition) is 6. The third-order valence-electron chi connectivity index (χ3n) is 2.99. The number of nitrogens with one attached hydrogen (secondary N) is 1. The third kappa shape index (κ3) is 5.14. The molecule has 2 aromatic rings. The number of ether oxygens (including phenoxy) is 1. The Labute approximate surface area is 138 Å². The number of thioether (sulfide) groups is 1. The van der Waals surface area contributed by atoms with E-state index in [0.717, 1.165) is 11.3 Å². The van der Waals surface area contributed by atoms with E-state index in [1.165, 1.54) is 18.9 Å². The average molecular weight is 334 g/mol. The van der Waals surface area contributed by atoms with Gasteiger partial charge in [-0.15, -0.1) is 11.8 Å². The molecule has 2 rings (SSSR count). The molecule has 1 aromatic heterocycles. The van der Waals surface area contributed by atoms with Crippen LogP contribution in [0.4, 0.5) is 0 Å². The van der Waals surface area contributed by atoms with Gasteiger partial charge >= 0.3 is 5.97 Å². The van der Waals surface area contributed by atoms with Crippen molar-refractivity contribution in [3.8, 4) is 11.5 Å². The maximum absolute atomic E-state index is 11.7. The zero-order chi connectivity index (χ0) is 16.7. The van der Waals surface area contributed by atoms with Crippen LogP contribution in [0.3, 0.4) is 0 Å². The third-order valence-corrected chi connectivity index (χ3v) is 3.95. The van der Waals surface area contributed by atoms with Gasteiger partial charge in [-0.3, -0.25) is 4.79 Å². The molecule has 0 aliphatic heterocycles. The Hall–Kier alpha value is -2.28. The molecule has 0 fully saturated rings. The standard InChI is InChI=1S/C16H18N2O4S/c1-11(16(20)21-2)17-14(19)10-23-9-13-8-22-15(18-13)12-6-4-3-5-7-12/h3-8,11H,9-10H2,1-2H3,(H,17,19)/t11-/m0/s1. The quantitative estimate of drug-likeness (QED) is 0.782. The van der Waals surface area contributed by atoms with E-state index in [9.17, 15) is 9.59 Å². The molecule has 6 nitrogen and oxygen atoms in total. The lowest BCUT2D eigenvalue weighted by Gasteiger charge is -2.10. The Morgan fingerprint density at radius 1 is 1.35 bits per heavy atom. The van der Waals surface area contributed by atoms with E-state index in [1.807, 2.05) is 30.3 Å². The number of oxazole rings is 1. The molecule has 0 unspecified atom stereocenters. The number of methoxy groups -OCH3 is 1. The topological polar surface area (TPSA) is 81.4 Å². The molecule has 23 heavy (non-hydrogen) atoms. The second kappa shape index (κ2) is 8.38. The molecule has 1 amide bonds. The number of hydrogen-bond donors (Lipinski definition) is 1. The van der Waals surface area contributed by atoms with Crippen LogP contribution >= 0.6 is 11.8 Å².